The number of ether oxygens (including phenoxy) is 3. The average Bonchev–Trinajstić information content (AvgIpc) is 2.61. The van der Waals surface area contributed by atoms with E-state index in [-0.39, 0.29) is 18.5 Å². The zero-order valence-electron chi connectivity index (χ0n) is 16.5. The number of nitrogens with one attached hydrogen (secondary N) is 2. The van der Waals surface area contributed by atoms with Crippen molar-refractivity contribution in [2.75, 3.05) is 52.0 Å². The molecule has 8 nitrogen and oxygen atoms in total. The van der Waals surface area contributed by atoms with Crippen LogP contribution in [0, 0.1) is 0 Å². The van der Waals surface area contributed by atoms with Gasteiger partial charge in [-0.15, -0.1) is 0 Å². The van der Waals surface area contributed by atoms with Gasteiger partial charge in [0.15, 0.2) is 5.96 Å². The van der Waals surface area contributed by atoms with Crippen molar-refractivity contribution in [1.29, 1.82) is 0 Å². The van der Waals surface area contributed by atoms with Crippen LogP contribution in [0.5, 0.6) is 11.5 Å². The van der Waals surface area contributed by atoms with Gasteiger partial charge in [-0.1, -0.05) is 6.07 Å². The smallest absolute Gasteiger partial charge is 0.191 e. The highest BCUT2D eigenvalue weighted by Gasteiger charge is 2.06. The second kappa shape index (κ2) is 12.4. The van der Waals surface area contributed by atoms with Gasteiger partial charge in [0, 0.05) is 25.4 Å². The molecule has 0 saturated heterocycles. The zero-order chi connectivity index (χ0) is 20.1. The minimum atomic E-state index is -2.99. The van der Waals surface area contributed by atoms with E-state index < -0.39 is 9.84 Å². The second-order valence-corrected chi connectivity index (χ2v) is 8.26. The Hall–Kier alpha value is -2.00. The number of hydrogen-bond acceptors (Lipinski definition) is 6. The molecule has 1 rings (SSSR count). The standard InChI is InChI=1S/C18H31N3O5S/c1-5-19-18(20-9-10-25-11-12-27(4,22)23)21-14-15(2)26-17-8-6-7-16(13-17)24-3/h6-8,13,15H,5,9-12,14H2,1-4H3,(H2,19,20,21). The van der Waals surface area contributed by atoms with Crippen molar-refractivity contribution in [3.05, 3.63) is 24.3 Å². The van der Waals surface area contributed by atoms with E-state index in [9.17, 15) is 8.42 Å². The summed E-state index contributed by atoms with van der Waals surface area (Å²) in [5.41, 5.74) is 0. The van der Waals surface area contributed by atoms with Crippen molar-refractivity contribution < 1.29 is 22.6 Å². The number of sulfone groups is 1. The van der Waals surface area contributed by atoms with E-state index in [2.05, 4.69) is 15.6 Å². The Balaban J connectivity index is 2.38. The molecular formula is C18H31N3O5S. The molecule has 0 radical (unpaired) electrons. The van der Waals surface area contributed by atoms with Crippen molar-refractivity contribution in [2.45, 2.75) is 20.0 Å². The van der Waals surface area contributed by atoms with Gasteiger partial charge in [-0.3, -0.25) is 0 Å². The Morgan fingerprint density at radius 2 is 1.96 bits per heavy atom. The maximum absolute atomic E-state index is 11.0. The number of benzene rings is 1. The van der Waals surface area contributed by atoms with Crippen molar-refractivity contribution >= 4 is 15.8 Å². The predicted octanol–water partition coefficient (Wildman–Crippen LogP) is 1.08. The van der Waals surface area contributed by atoms with Gasteiger partial charge >= 0.3 is 0 Å². The van der Waals surface area contributed by atoms with Gasteiger partial charge in [0.25, 0.3) is 0 Å². The van der Waals surface area contributed by atoms with E-state index in [0.717, 1.165) is 18.0 Å². The van der Waals surface area contributed by atoms with Gasteiger partial charge in [-0.25, -0.2) is 13.4 Å². The Bertz CT molecular complexity index is 679. The quantitative estimate of drug-likeness (QED) is 0.307. The minimum absolute atomic E-state index is 0.0281. The Kier molecular flexibility index (Phi) is 10.6. The summed E-state index contributed by atoms with van der Waals surface area (Å²) in [5, 5.41) is 6.29. The zero-order valence-corrected chi connectivity index (χ0v) is 17.3. The van der Waals surface area contributed by atoms with Crippen LogP contribution >= 0.6 is 0 Å². The molecule has 0 aliphatic rings. The van der Waals surface area contributed by atoms with Crippen LogP contribution in [-0.4, -0.2) is 72.4 Å². The largest absolute Gasteiger partial charge is 0.497 e. The Morgan fingerprint density at radius 3 is 2.63 bits per heavy atom. The number of guanidine groups is 1. The lowest BCUT2D eigenvalue weighted by Crippen LogP contribution is -2.39. The van der Waals surface area contributed by atoms with Gasteiger partial charge in [0.1, 0.15) is 27.4 Å². The van der Waals surface area contributed by atoms with Crippen LogP contribution in [0.2, 0.25) is 0 Å². The molecule has 0 aliphatic heterocycles. The molecule has 1 aromatic rings. The van der Waals surface area contributed by atoms with Crippen LogP contribution in [0.15, 0.2) is 29.3 Å². The molecular weight excluding hydrogens is 370 g/mol. The first kappa shape index (κ1) is 23.0. The second-order valence-electron chi connectivity index (χ2n) is 6.00. The van der Waals surface area contributed by atoms with E-state index in [0.29, 0.717) is 25.7 Å². The summed E-state index contributed by atoms with van der Waals surface area (Å²) < 4.78 is 38.4. The summed E-state index contributed by atoms with van der Waals surface area (Å²) in [5.74, 6) is 2.16. The van der Waals surface area contributed by atoms with Crippen molar-refractivity contribution in [3.8, 4) is 11.5 Å². The molecule has 154 valence electrons. The van der Waals surface area contributed by atoms with Crippen LogP contribution in [0.3, 0.4) is 0 Å². The fourth-order valence-corrected chi connectivity index (χ4v) is 2.48. The van der Waals surface area contributed by atoms with E-state index in [4.69, 9.17) is 14.2 Å². The summed E-state index contributed by atoms with van der Waals surface area (Å²) in [7, 11) is -1.37. The topological polar surface area (TPSA) is 98.2 Å². The molecule has 0 spiro atoms. The summed E-state index contributed by atoms with van der Waals surface area (Å²) in [4.78, 5) is 4.50. The summed E-state index contributed by atoms with van der Waals surface area (Å²) >= 11 is 0. The third kappa shape index (κ3) is 11.3. The molecule has 0 heterocycles. The SMILES string of the molecule is CCNC(=NCC(C)Oc1cccc(OC)c1)NCCOCCS(C)(=O)=O. The van der Waals surface area contributed by atoms with Crippen LogP contribution in [0.1, 0.15) is 13.8 Å². The molecule has 1 atom stereocenters. The highest BCUT2D eigenvalue weighted by Crippen LogP contribution is 2.19. The number of aliphatic imine (C=N–C) groups is 1. The highest BCUT2D eigenvalue weighted by atomic mass is 32.2. The molecule has 1 unspecified atom stereocenters. The highest BCUT2D eigenvalue weighted by molar-refractivity contribution is 7.90. The van der Waals surface area contributed by atoms with Crippen molar-refractivity contribution in [2.24, 2.45) is 4.99 Å². The molecule has 0 saturated carbocycles. The molecule has 1 aromatic carbocycles. The van der Waals surface area contributed by atoms with Gasteiger partial charge in [0.2, 0.25) is 0 Å². The summed E-state index contributed by atoms with van der Waals surface area (Å²) in [6, 6.07) is 7.44. The molecule has 0 amide bonds. The van der Waals surface area contributed by atoms with E-state index in [1.54, 1.807) is 7.11 Å². The van der Waals surface area contributed by atoms with Crippen molar-refractivity contribution in [1.82, 2.24) is 10.6 Å². The molecule has 2 N–H and O–H groups in total. The first-order chi connectivity index (χ1) is 12.8. The number of methoxy groups -OCH3 is 1. The normalized spacial score (nSPS) is 13.1. The van der Waals surface area contributed by atoms with Gasteiger partial charge in [-0.2, -0.15) is 0 Å². The van der Waals surface area contributed by atoms with Crippen LogP contribution < -0.4 is 20.1 Å². The van der Waals surface area contributed by atoms with Crippen molar-refractivity contribution in [3.63, 3.8) is 0 Å². The monoisotopic (exact) mass is 401 g/mol. The summed E-state index contributed by atoms with van der Waals surface area (Å²) in [6.45, 7) is 6.25. The number of rotatable bonds is 12. The van der Waals surface area contributed by atoms with Gasteiger partial charge in [-0.05, 0) is 26.0 Å². The predicted molar refractivity (Wildman–Crippen MR) is 108 cm³/mol. The Morgan fingerprint density at radius 1 is 1.22 bits per heavy atom. The van der Waals surface area contributed by atoms with Crippen LogP contribution in [0.25, 0.3) is 0 Å². The third-order valence-corrected chi connectivity index (χ3v) is 4.27. The lowest BCUT2D eigenvalue weighted by Gasteiger charge is -2.15. The minimum Gasteiger partial charge on any atom is -0.497 e. The van der Waals surface area contributed by atoms with Gasteiger partial charge in [0.05, 0.1) is 32.6 Å². The van der Waals surface area contributed by atoms with Gasteiger partial charge < -0.3 is 24.8 Å². The lowest BCUT2D eigenvalue weighted by molar-refractivity contribution is 0.154. The van der Waals surface area contributed by atoms with Crippen LogP contribution in [-0.2, 0) is 14.6 Å². The molecule has 0 fully saturated rings. The number of hydrogen-bond donors (Lipinski definition) is 2. The first-order valence-corrected chi connectivity index (χ1v) is 11.0. The van der Waals surface area contributed by atoms with Crippen LogP contribution in [0.4, 0.5) is 0 Å². The summed E-state index contributed by atoms with van der Waals surface area (Å²) in [6.07, 6.45) is 1.08. The van der Waals surface area contributed by atoms with E-state index >= 15 is 0 Å². The van der Waals surface area contributed by atoms with E-state index in [1.165, 1.54) is 6.26 Å². The third-order valence-electron chi connectivity index (χ3n) is 3.37. The van der Waals surface area contributed by atoms with E-state index in [1.807, 2.05) is 38.1 Å². The average molecular weight is 402 g/mol. The molecule has 27 heavy (non-hydrogen) atoms. The molecule has 0 aromatic heterocycles. The molecule has 9 heteroatoms. The maximum Gasteiger partial charge on any atom is 0.191 e. The molecule has 0 aliphatic carbocycles. The molecule has 0 bridgehead atoms. The number of nitrogens with zero attached hydrogens (tertiary/aromatic N) is 1. The first-order valence-electron chi connectivity index (χ1n) is 8.92. The fourth-order valence-electron chi connectivity index (χ4n) is 2.06. The lowest BCUT2D eigenvalue weighted by atomic mass is 10.3. The fraction of sp³-hybridized carbons (Fsp3) is 0.611. The maximum atomic E-state index is 11.0. The Labute approximate surface area is 162 Å².